The molecule has 0 saturated carbocycles. The van der Waals surface area contributed by atoms with Crippen LogP contribution in [0.15, 0.2) is 18.2 Å². The van der Waals surface area contributed by atoms with E-state index >= 15 is 0 Å². The zero-order valence-electron chi connectivity index (χ0n) is 12.2. The smallest absolute Gasteiger partial charge is 0.140 e. The molecule has 5 heteroatoms. The fourth-order valence-electron chi connectivity index (χ4n) is 2.05. The van der Waals surface area contributed by atoms with Crippen LogP contribution in [-0.4, -0.2) is 32.6 Å². The number of rotatable bonds is 8. The van der Waals surface area contributed by atoms with E-state index in [9.17, 15) is 20.4 Å². The average Bonchev–Trinajstić information content (AvgIpc) is 2.48. The summed E-state index contributed by atoms with van der Waals surface area (Å²) in [6.07, 6.45) is 4.71. The van der Waals surface area contributed by atoms with Gasteiger partial charge in [-0.3, -0.25) is 0 Å². The largest absolute Gasteiger partial charge is 0.506 e. The van der Waals surface area contributed by atoms with Crippen LogP contribution in [-0.2, 0) is 6.61 Å². The highest BCUT2D eigenvalue weighted by Gasteiger charge is 2.13. The van der Waals surface area contributed by atoms with Gasteiger partial charge in [-0.1, -0.05) is 56.0 Å². The minimum atomic E-state index is -0.980. The molecule has 4 N–H and O–H groups in total. The molecule has 2 unspecified atom stereocenters. The van der Waals surface area contributed by atoms with Gasteiger partial charge in [-0.15, -0.1) is 0 Å². The number of phenols is 1. The Bertz CT molecular complexity index is 474. The van der Waals surface area contributed by atoms with Gasteiger partial charge in [0.15, 0.2) is 0 Å². The van der Waals surface area contributed by atoms with Crippen LogP contribution in [0.4, 0.5) is 0 Å². The molecule has 0 aromatic heterocycles. The Kier molecular flexibility index (Phi) is 7.75. The van der Waals surface area contributed by atoms with E-state index in [0.717, 1.165) is 19.3 Å². The van der Waals surface area contributed by atoms with Crippen LogP contribution in [0, 0.1) is 0 Å². The zero-order chi connectivity index (χ0) is 15.8. The fraction of sp³-hybridized carbons (Fsp3) is 0.500. The lowest BCUT2D eigenvalue weighted by molar-refractivity contribution is 0.0420. The topological polar surface area (TPSA) is 80.9 Å². The molecule has 2 atom stereocenters. The van der Waals surface area contributed by atoms with E-state index < -0.39 is 12.2 Å². The molecule has 0 heterocycles. The number of halogens is 1. The summed E-state index contributed by atoms with van der Waals surface area (Å²) in [5, 5.41) is 38.9. The van der Waals surface area contributed by atoms with Gasteiger partial charge in [0.25, 0.3) is 0 Å². The van der Waals surface area contributed by atoms with Gasteiger partial charge < -0.3 is 20.4 Å². The number of hydrogen-bond acceptors (Lipinski definition) is 4. The maximum atomic E-state index is 9.88. The third kappa shape index (κ3) is 5.32. The number of unbranched alkanes of at least 4 members (excludes halogenated alkanes) is 2. The predicted molar refractivity (Wildman–Crippen MR) is 84.2 cm³/mol. The highest BCUT2D eigenvalue weighted by atomic mass is 35.5. The van der Waals surface area contributed by atoms with E-state index in [1.165, 1.54) is 12.1 Å². The summed E-state index contributed by atoms with van der Waals surface area (Å²) in [4.78, 5) is 0. The molecule has 1 rings (SSSR count). The molecule has 4 nitrogen and oxygen atoms in total. The molecule has 0 aliphatic carbocycles. The van der Waals surface area contributed by atoms with Crippen molar-refractivity contribution < 1.29 is 20.4 Å². The monoisotopic (exact) mass is 314 g/mol. The van der Waals surface area contributed by atoms with Gasteiger partial charge in [0.05, 0.1) is 23.8 Å². The molecule has 118 valence electrons. The van der Waals surface area contributed by atoms with Gasteiger partial charge in [0.1, 0.15) is 5.75 Å². The van der Waals surface area contributed by atoms with Crippen molar-refractivity contribution in [1.82, 2.24) is 0 Å². The molecule has 0 spiro atoms. The number of aliphatic hydroxyl groups excluding tert-OH is 3. The van der Waals surface area contributed by atoms with Crippen molar-refractivity contribution in [2.24, 2.45) is 0 Å². The van der Waals surface area contributed by atoms with Gasteiger partial charge in [-0.25, -0.2) is 0 Å². The summed E-state index contributed by atoms with van der Waals surface area (Å²) >= 11 is 5.77. The Hall–Kier alpha value is -1.07. The summed E-state index contributed by atoms with van der Waals surface area (Å²) in [5.41, 5.74) is 0.852. The van der Waals surface area contributed by atoms with Gasteiger partial charge in [-0.05, 0) is 18.1 Å². The second-order valence-electron chi connectivity index (χ2n) is 5.03. The maximum Gasteiger partial charge on any atom is 0.140 e. The summed E-state index contributed by atoms with van der Waals surface area (Å²) in [6.45, 7) is 1.72. The molecular formula is C16H23ClO4. The molecule has 0 radical (unpaired) electrons. The van der Waals surface area contributed by atoms with Crippen LogP contribution in [0.3, 0.4) is 0 Å². The molecule has 21 heavy (non-hydrogen) atoms. The molecular weight excluding hydrogens is 292 g/mol. The van der Waals surface area contributed by atoms with E-state index in [1.54, 1.807) is 12.1 Å². The first kappa shape index (κ1) is 18.0. The van der Waals surface area contributed by atoms with Gasteiger partial charge in [-0.2, -0.15) is 0 Å². The summed E-state index contributed by atoms with van der Waals surface area (Å²) < 4.78 is 0. The van der Waals surface area contributed by atoms with E-state index in [0.29, 0.717) is 17.5 Å². The first-order valence-corrected chi connectivity index (χ1v) is 7.54. The highest BCUT2D eigenvalue weighted by molar-refractivity contribution is 6.32. The Morgan fingerprint density at radius 1 is 1.24 bits per heavy atom. The standard InChI is InChI=1S/C16H23ClO4/c1-2-3-4-5-14(19)15(20)9-7-11-6-8-13(17)16(21)12(11)10-18/h6-9,14-15,18-21H,2-5,10H2,1H3. The van der Waals surface area contributed by atoms with Gasteiger partial charge >= 0.3 is 0 Å². The van der Waals surface area contributed by atoms with E-state index in [4.69, 9.17) is 11.6 Å². The first-order chi connectivity index (χ1) is 10.0. The molecule has 0 amide bonds. The molecule has 1 aromatic carbocycles. The van der Waals surface area contributed by atoms with Crippen LogP contribution in [0.5, 0.6) is 5.75 Å². The highest BCUT2D eigenvalue weighted by Crippen LogP contribution is 2.30. The van der Waals surface area contributed by atoms with Crippen LogP contribution in [0.25, 0.3) is 6.08 Å². The Morgan fingerprint density at radius 2 is 1.95 bits per heavy atom. The van der Waals surface area contributed by atoms with E-state index in [-0.39, 0.29) is 17.4 Å². The van der Waals surface area contributed by atoms with Crippen molar-refractivity contribution in [3.05, 3.63) is 34.4 Å². The molecule has 0 fully saturated rings. The Morgan fingerprint density at radius 3 is 2.57 bits per heavy atom. The SMILES string of the molecule is CCCCCC(O)C(O)C=Cc1ccc(Cl)c(O)c1CO. The van der Waals surface area contributed by atoms with Crippen molar-refractivity contribution in [2.45, 2.75) is 51.4 Å². The summed E-state index contributed by atoms with van der Waals surface area (Å²) in [6, 6.07) is 3.15. The van der Waals surface area contributed by atoms with Crippen molar-refractivity contribution in [2.75, 3.05) is 0 Å². The lowest BCUT2D eigenvalue weighted by Gasteiger charge is -2.14. The predicted octanol–water partition coefficient (Wildman–Crippen LogP) is 2.85. The fourth-order valence-corrected chi connectivity index (χ4v) is 2.23. The first-order valence-electron chi connectivity index (χ1n) is 7.16. The minimum Gasteiger partial charge on any atom is -0.506 e. The van der Waals surface area contributed by atoms with Crippen molar-refractivity contribution in [3.8, 4) is 5.75 Å². The molecule has 0 saturated heterocycles. The normalized spacial score (nSPS) is 14.5. The number of aromatic hydroxyl groups is 1. The summed E-state index contributed by atoms with van der Waals surface area (Å²) in [7, 11) is 0. The third-order valence-corrected chi connectivity index (χ3v) is 3.70. The van der Waals surface area contributed by atoms with Gasteiger partial charge in [0.2, 0.25) is 0 Å². The lowest BCUT2D eigenvalue weighted by Crippen LogP contribution is -2.23. The number of aliphatic hydroxyl groups is 3. The van der Waals surface area contributed by atoms with Crippen molar-refractivity contribution in [3.63, 3.8) is 0 Å². The number of benzene rings is 1. The second kappa shape index (κ2) is 9.05. The molecule has 0 bridgehead atoms. The zero-order valence-corrected chi connectivity index (χ0v) is 12.9. The van der Waals surface area contributed by atoms with Crippen LogP contribution in [0.1, 0.15) is 43.7 Å². The Labute approximate surface area is 130 Å². The van der Waals surface area contributed by atoms with Crippen LogP contribution in [0.2, 0.25) is 5.02 Å². The van der Waals surface area contributed by atoms with E-state index in [1.807, 2.05) is 0 Å². The van der Waals surface area contributed by atoms with Crippen LogP contribution < -0.4 is 0 Å². The average molecular weight is 315 g/mol. The van der Waals surface area contributed by atoms with Gasteiger partial charge in [0, 0.05) is 5.56 Å². The molecule has 0 aliphatic heterocycles. The quantitative estimate of drug-likeness (QED) is 0.556. The van der Waals surface area contributed by atoms with E-state index in [2.05, 4.69) is 6.92 Å². The van der Waals surface area contributed by atoms with Crippen molar-refractivity contribution in [1.29, 1.82) is 0 Å². The number of hydrogen-bond donors (Lipinski definition) is 4. The maximum absolute atomic E-state index is 9.88. The second-order valence-corrected chi connectivity index (χ2v) is 5.44. The molecule has 1 aromatic rings. The lowest BCUT2D eigenvalue weighted by atomic mass is 10.0. The Balaban J connectivity index is 2.74. The third-order valence-electron chi connectivity index (χ3n) is 3.40. The minimum absolute atomic E-state index is 0.163. The molecule has 0 aliphatic rings. The summed E-state index contributed by atoms with van der Waals surface area (Å²) in [5.74, 6) is -0.167. The van der Waals surface area contributed by atoms with Crippen LogP contribution >= 0.6 is 11.6 Å². The van der Waals surface area contributed by atoms with Crippen molar-refractivity contribution >= 4 is 17.7 Å².